The van der Waals surface area contributed by atoms with Crippen molar-refractivity contribution in [1.82, 2.24) is 4.90 Å². The fourth-order valence-corrected chi connectivity index (χ4v) is 6.51. The molecule has 0 saturated carbocycles. The first-order valence-corrected chi connectivity index (χ1v) is 12.9. The van der Waals surface area contributed by atoms with Crippen molar-refractivity contribution in [3.05, 3.63) is 93.6 Å². The van der Waals surface area contributed by atoms with Crippen LogP contribution in [0.4, 0.5) is 0 Å². The van der Waals surface area contributed by atoms with E-state index in [9.17, 15) is 22.8 Å². The summed E-state index contributed by atoms with van der Waals surface area (Å²) < 4.78 is 36.6. The predicted molar refractivity (Wildman–Crippen MR) is 126 cm³/mol. The summed E-state index contributed by atoms with van der Waals surface area (Å²) in [7, 11) is -3.86. The molecule has 4 rings (SSSR count). The molecule has 1 amide bonds. The summed E-state index contributed by atoms with van der Waals surface area (Å²) in [4.78, 5) is 39.8. The van der Waals surface area contributed by atoms with Gasteiger partial charge in [-0.25, -0.2) is 13.2 Å². The lowest BCUT2D eigenvalue weighted by Gasteiger charge is -2.45. The monoisotopic (exact) mass is 545 g/mol. The standard InChI is InChI=1S/C24H20BrNO7S/c1-15(27)32-13-18-14-34(30,31)23-19(12-25)22(28)26(23)20(18)24(29)33-21(16-8-4-2-5-9-16)17-10-6-3-7-11-17/h2-12,21,23H,13-14H2,1H3/b19-12+. The zero-order chi connectivity index (χ0) is 24.5. The van der Waals surface area contributed by atoms with E-state index in [-0.39, 0.29) is 16.8 Å². The Balaban J connectivity index is 1.77. The van der Waals surface area contributed by atoms with Gasteiger partial charge < -0.3 is 9.47 Å². The Bertz CT molecular complexity index is 1260. The average molecular weight is 546 g/mol. The molecule has 176 valence electrons. The van der Waals surface area contributed by atoms with Gasteiger partial charge >= 0.3 is 11.9 Å². The lowest BCUT2D eigenvalue weighted by Crippen LogP contribution is -2.62. The van der Waals surface area contributed by atoms with Crippen LogP contribution in [0.1, 0.15) is 24.2 Å². The molecular weight excluding hydrogens is 526 g/mol. The lowest BCUT2D eigenvalue weighted by atomic mass is 10.0. The van der Waals surface area contributed by atoms with Gasteiger partial charge in [0.2, 0.25) is 0 Å². The lowest BCUT2D eigenvalue weighted by molar-refractivity contribution is -0.149. The van der Waals surface area contributed by atoms with Crippen LogP contribution in [0.15, 0.2) is 82.5 Å². The highest BCUT2D eigenvalue weighted by Crippen LogP contribution is 2.41. The first-order chi connectivity index (χ1) is 16.2. The number of amides is 1. The van der Waals surface area contributed by atoms with Gasteiger partial charge in [-0.05, 0) is 16.1 Å². The summed E-state index contributed by atoms with van der Waals surface area (Å²) in [5.41, 5.74) is 1.17. The minimum atomic E-state index is -3.86. The Morgan fingerprint density at radius 1 is 1.09 bits per heavy atom. The van der Waals surface area contributed by atoms with Gasteiger partial charge in [-0.2, -0.15) is 0 Å². The van der Waals surface area contributed by atoms with E-state index in [0.717, 1.165) is 4.90 Å². The Morgan fingerprint density at radius 3 is 2.15 bits per heavy atom. The van der Waals surface area contributed by atoms with E-state index in [1.165, 1.54) is 11.9 Å². The van der Waals surface area contributed by atoms with Crippen molar-refractivity contribution >= 4 is 43.6 Å². The molecule has 0 N–H and O–H groups in total. The van der Waals surface area contributed by atoms with E-state index < -0.39 is 51.5 Å². The van der Waals surface area contributed by atoms with Crippen LogP contribution >= 0.6 is 15.9 Å². The molecule has 1 fully saturated rings. The Hall–Kier alpha value is -3.24. The fourth-order valence-electron chi connectivity index (χ4n) is 3.95. The van der Waals surface area contributed by atoms with Gasteiger partial charge in [0.05, 0.1) is 11.3 Å². The summed E-state index contributed by atoms with van der Waals surface area (Å²) in [6, 6.07) is 18.1. The first-order valence-electron chi connectivity index (χ1n) is 10.3. The molecule has 2 aromatic rings. The quantitative estimate of drug-likeness (QED) is 0.312. The summed E-state index contributed by atoms with van der Waals surface area (Å²) >= 11 is 3.03. The van der Waals surface area contributed by atoms with Gasteiger partial charge in [0, 0.05) is 12.5 Å². The van der Waals surface area contributed by atoms with Crippen LogP contribution in [0.5, 0.6) is 0 Å². The van der Waals surface area contributed by atoms with E-state index in [4.69, 9.17) is 9.47 Å². The molecule has 1 unspecified atom stereocenters. The highest BCUT2D eigenvalue weighted by molar-refractivity contribution is 9.11. The van der Waals surface area contributed by atoms with Crippen molar-refractivity contribution in [3.8, 4) is 0 Å². The molecule has 2 aliphatic heterocycles. The number of β-lactam (4-membered cyclic amide) rings is 1. The number of rotatable bonds is 6. The van der Waals surface area contributed by atoms with Gasteiger partial charge in [-0.1, -0.05) is 76.6 Å². The van der Waals surface area contributed by atoms with E-state index in [1.54, 1.807) is 48.5 Å². The van der Waals surface area contributed by atoms with Crippen LogP contribution in [0.3, 0.4) is 0 Å². The number of hydrogen-bond acceptors (Lipinski definition) is 7. The molecule has 2 heterocycles. The zero-order valence-corrected chi connectivity index (χ0v) is 20.4. The number of ether oxygens (including phenoxy) is 2. The number of fused-ring (bicyclic) bond motifs is 1. The Kier molecular flexibility index (Phi) is 6.72. The second-order valence-corrected chi connectivity index (χ2v) is 10.3. The van der Waals surface area contributed by atoms with Crippen LogP contribution in [0, 0.1) is 0 Å². The van der Waals surface area contributed by atoms with Crippen molar-refractivity contribution in [2.45, 2.75) is 18.4 Å². The van der Waals surface area contributed by atoms with Crippen LogP contribution in [0.2, 0.25) is 0 Å². The summed E-state index contributed by atoms with van der Waals surface area (Å²) in [6.07, 6.45) is -0.808. The average Bonchev–Trinajstić information content (AvgIpc) is 2.82. The molecule has 0 bridgehead atoms. The third-order valence-electron chi connectivity index (χ3n) is 5.45. The van der Waals surface area contributed by atoms with E-state index in [0.29, 0.717) is 11.1 Å². The van der Waals surface area contributed by atoms with Crippen molar-refractivity contribution in [1.29, 1.82) is 0 Å². The number of nitrogens with zero attached hydrogens (tertiary/aromatic N) is 1. The Morgan fingerprint density at radius 2 is 1.65 bits per heavy atom. The maximum Gasteiger partial charge on any atom is 0.356 e. The largest absolute Gasteiger partial charge is 0.461 e. The number of sulfone groups is 1. The fraction of sp³-hybridized carbons (Fsp3) is 0.208. The maximum atomic E-state index is 13.5. The van der Waals surface area contributed by atoms with E-state index in [2.05, 4.69) is 15.9 Å². The van der Waals surface area contributed by atoms with Crippen LogP contribution in [-0.2, 0) is 33.7 Å². The normalized spacial score (nSPS) is 20.1. The number of halogens is 1. The second-order valence-electron chi connectivity index (χ2n) is 7.74. The van der Waals surface area contributed by atoms with Crippen molar-refractivity contribution < 1.29 is 32.3 Å². The van der Waals surface area contributed by atoms with Gasteiger partial charge in [0.15, 0.2) is 21.3 Å². The minimum Gasteiger partial charge on any atom is -0.461 e. The Labute approximate surface area is 204 Å². The number of hydrogen-bond donors (Lipinski definition) is 0. The molecule has 10 heteroatoms. The second kappa shape index (κ2) is 9.55. The van der Waals surface area contributed by atoms with Crippen molar-refractivity contribution in [3.63, 3.8) is 0 Å². The first kappa shape index (κ1) is 23.9. The van der Waals surface area contributed by atoms with Crippen molar-refractivity contribution in [2.24, 2.45) is 0 Å². The molecule has 0 aromatic heterocycles. The molecule has 2 aliphatic rings. The summed E-state index contributed by atoms with van der Waals surface area (Å²) in [5.74, 6) is -2.73. The third-order valence-corrected chi connectivity index (χ3v) is 7.84. The van der Waals surface area contributed by atoms with Crippen molar-refractivity contribution in [2.75, 3.05) is 12.4 Å². The van der Waals surface area contributed by atoms with Gasteiger partial charge in [-0.15, -0.1) is 0 Å². The molecule has 0 aliphatic carbocycles. The highest BCUT2D eigenvalue weighted by Gasteiger charge is 2.57. The third kappa shape index (κ3) is 4.43. The maximum absolute atomic E-state index is 13.5. The molecular formula is C24H20BrNO7S. The predicted octanol–water partition coefficient (Wildman–Crippen LogP) is 3.01. The molecule has 1 atom stereocenters. The molecule has 2 aromatic carbocycles. The minimum absolute atomic E-state index is 0.0134. The zero-order valence-electron chi connectivity index (χ0n) is 18.0. The van der Waals surface area contributed by atoms with Gasteiger partial charge in [0.25, 0.3) is 5.91 Å². The van der Waals surface area contributed by atoms with E-state index >= 15 is 0 Å². The van der Waals surface area contributed by atoms with E-state index in [1.807, 2.05) is 12.1 Å². The number of benzene rings is 2. The summed E-state index contributed by atoms with van der Waals surface area (Å²) in [5, 5.41) is -1.31. The molecule has 0 spiro atoms. The highest BCUT2D eigenvalue weighted by atomic mass is 79.9. The number of carbonyl (C=O) groups excluding carboxylic acids is 3. The topological polar surface area (TPSA) is 107 Å². The molecule has 1 saturated heterocycles. The smallest absolute Gasteiger partial charge is 0.356 e. The number of carbonyl (C=O) groups is 3. The van der Waals surface area contributed by atoms with Crippen LogP contribution in [0.25, 0.3) is 0 Å². The molecule has 34 heavy (non-hydrogen) atoms. The number of esters is 2. The molecule has 8 nitrogen and oxygen atoms in total. The van der Waals surface area contributed by atoms with Crippen LogP contribution in [-0.4, -0.2) is 48.9 Å². The summed E-state index contributed by atoms with van der Waals surface area (Å²) in [6.45, 7) is 0.712. The molecule has 0 radical (unpaired) electrons. The van der Waals surface area contributed by atoms with Crippen LogP contribution < -0.4 is 0 Å². The van der Waals surface area contributed by atoms with Gasteiger partial charge in [-0.3, -0.25) is 14.5 Å². The van der Waals surface area contributed by atoms with Gasteiger partial charge in [0.1, 0.15) is 12.3 Å². The SMILES string of the molecule is CC(=O)OCC1=C(C(=O)OC(c2ccccc2)c2ccccc2)N2C(=O)/C(=C\Br)C2S(=O)(=O)C1.